The van der Waals surface area contributed by atoms with Crippen molar-refractivity contribution in [3.05, 3.63) is 47.2 Å². The van der Waals surface area contributed by atoms with Crippen molar-refractivity contribution < 1.29 is 14.4 Å². The molecular formula is C18H21N5O3. The fraction of sp³-hybridized carbons (Fsp3) is 0.333. The van der Waals surface area contributed by atoms with E-state index in [2.05, 4.69) is 15.7 Å². The van der Waals surface area contributed by atoms with Gasteiger partial charge in [0.2, 0.25) is 0 Å². The van der Waals surface area contributed by atoms with Crippen LogP contribution in [-0.4, -0.2) is 46.5 Å². The average Bonchev–Trinajstić information content (AvgIpc) is 3.20. The van der Waals surface area contributed by atoms with Crippen molar-refractivity contribution in [2.45, 2.75) is 25.9 Å². The third-order valence-electron chi connectivity index (χ3n) is 4.15. The molecule has 1 aliphatic heterocycles. The van der Waals surface area contributed by atoms with Crippen LogP contribution < -0.4 is 10.6 Å². The van der Waals surface area contributed by atoms with Gasteiger partial charge in [0, 0.05) is 44.5 Å². The largest absolute Gasteiger partial charge is 0.345 e. The van der Waals surface area contributed by atoms with Crippen LogP contribution in [0.1, 0.15) is 28.0 Å². The Morgan fingerprint density at radius 3 is 2.73 bits per heavy atom. The molecule has 1 aromatic carbocycles. The van der Waals surface area contributed by atoms with Crippen LogP contribution in [0, 0.1) is 0 Å². The molecule has 0 atom stereocenters. The molecule has 2 N–H and O–H groups in total. The Hall–Kier alpha value is -3.16. The van der Waals surface area contributed by atoms with E-state index in [0.29, 0.717) is 11.4 Å². The van der Waals surface area contributed by atoms with E-state index in [0.717, 1.165) is 30.6 Å². The molecule has 3 rings (SSSR count). The molecule has 0 aliphatic carbocycles. The zero-order chi connectivity index (χ0) is 18.7. The van der Waals surface area contributed by atoms with Crippen molar-refractivity contribution in [3.63, 3.8) is 0 Å². The van der Waals surface area contributed by atoms with Crippen LogP contribution in [0.5, 0.6) is 0 Å². The molecule has 0 bridgehead atoms. The number of hydrogen-bond donors (Lipinski definition) is 2. The first-order valence-corrected chi connectivity index (χ1v) is 8.40. The van der Waals surface area contributed by atoms with E-state index < -0.39 is 11.8 Å². The van der Waals surface area contributed by atoms with Gasteiger partial charge < -0.3 is 15.5 Å². The predicted molar refractivity (Wildman–Crippen MR) is 95.5 cm³/mol. The highest BCUT2D eigenvalue weighted by molar-refractivity contribution is 6.39. The number of amides is 3. The van der Waals surface area contributed by atoms with Crippen molar-refractivity contribution in [2.75, 3.05) is 19.4 Å². The van der Waals surface area contributed by atoms with Gasteiger partial charge in [-0.2, -0.15) is 5.10 Å². The highest BCUT2D eigenvalue weighted by Crippen LogP contribution is 2.17. The number of carbonyl (C=O) groups is 3. The molecule has 8 heteroatoms. The normalized spacial score (nSPS) is 12.4. The minimum atomic E-state index is -0.762. The maximum atomic E-state index is 12.0. The Bertz CT molecular complexity index is 835. The molecule has 0 saturated heterocycles. The summed E-state index contributed by atoms with van der Waals surface area (Å²) < 4.78 is 1.83. The van der Waals surface area contributed by atoms with Crippen molar-refractivity contribution in [3.8, 4) is 0 Å². The van der Waals surface area contributed by atoms with Gasteiger partial charge in [-0.25, -0.2) is 0 Å². The average molecular weight is 355 g/mol. The molecule has 136 valence electrons. The maximum Gasteiger partial charge on any atom is 0.314 e. The molecule has 2 aromatic rings. The molecule has 2 heterocycles. The van der Waals surface area contributed by atoms with Crippen LogP contribution in [0.15, 0.2) is 30.3 Å². The summed E-state index contributed by atoms with van der Waals surface area (Å²) in [5.74, 6) is -1.24. The number of carbonyl (C=O) groups excluding carboxylic acids is 3. The van der Waals surface area contributed by atoms with Crippen LogP contribution in [0.2, 0.25) is 0 Å². The van der Waals surface area contributed by atoms with Gasteiger partial charge >= 0.3 is 11.8 Å². The summed E-state index contributed by atoms with van der Waals surface area (Å²) in [4.78, 5) is 37.4. The lowest BCUT2D eigenvalue weighted by Crippen LogP contribution is -2.35. The minimum Gasteiger partial charge on any atom is -0.345 e. The summed E-state index contributed by atoms with van der Waals surface area (Å²) >= 11 is 0. The van der Waals surface area contributed by atoms with Crippen LogP contribution in [-0.2, 0) is 29.1 Å². The van der Waals surface area contributed by atoms with Crippen LogP contribution >= 0.6 is 0 Å². The lowest BCUT2D eigenvalue weighted by Gasteiger charge is -2.11. The van der Waals surface area contributed by atoms with Crippen molar-refractivity contribution in [1.82, 2.24) is 20.0 Å². The molecule has 0 radical (unpaired) electrons. The molecule has 26 heavy (non-hydrogen) atoms. The van der Waals surface area contributed by atoms with Gasteiger partial charge in [0.25, 0.3) is 5.91 Å². The van der Waals surface area contributed by atoms with Crippen LogP contribution in [0.3, 0.4) is 0 Å². The van der Waals surface area contributed by atoms with Gasteiger partial charge in [0.15, 0.2) is 5.82 Å². The Labute approximate surface area is 151 Å². The second-order valence-electron chi connectivity index (χ2n) is 6.38. The van der Waals surface area contributed by atoms with Gasteiger partial charge in [0.05, 0.1) is 0 Å². The highest BCUT2D eigenvalue weighted by atomic mass is 16.2. The molecule has 3 amide bonds. The number of anilines is 1. The second-order valence-corrected chi connectivity index (χ2v) is 6.38. The van der Waals surface area contributed by atoms with Gasteiger partial charge in [-0.05, 0) is 30.5 Å². The standard InChI is InChI=1S/C18H21N5O3/c1-22(2)18(26)13-6-3-5-12(9-13)11-19-16(24)17(25)20-15-10-14-7-4-8-23(14)21-15/h3,5-6,9-10H,4,7-8,11H2,1-2H3,(H,19,24)(H,20,21,25). The number of benzene rings is 1. The first kappa shape index (κ1) is 17.7. The van der Waals surface area contributed by atoms with E-state index in [1.807, 2.05) is 4.68 Å². The van der Waals surface area contributed by atoms with Gasteiger partial charge in [-0.1, -0.05) is 12.1 Å². The smallest absolute Gasteiger partial charge is 0.314 e. The quantitative estimate of drug-likeness (QED) is 0.793. The first-order valence-electron chi connectivity index (χ1n) is 8.40. The van der Waals surface area contributed by atoms with Gasteiger partial charge in [-0.3, -0.25) is 19.1 Å². The van der Waals surface area contributed by atoms with Crippen molar-refractivity contribution in [1.29, 1.82) is 0 Å². The van der Waals surface area contributed by atoms with Crippen LogP contribution in [0.4, 0.5) is 5.82 Å². The lowest BCUT2D eigenvalue weighted by molar-refractivity contribution is -0.136. The first-order chi connectivity index (χ1) is 12.4. The number of aryl methyl sites for hydroxylation is 2. The highest BCUT2D eigenvalue weighted by Gasteiger charge is 2.18. The minimum absolute atomic E-state index is 0.122. The zero-order valence-corrected chi connectivity index (χ0v) is 14.8. The summed E-state index contributed by atoms with van der Waals surface area (Å²) in [6, 6.07) is 8.71. The third kappa shape index (κ3) is 3.90. The van der Waals surface area contributed by atoms with Crippen molar-refractivity contribution in [2.24, 2.45) is 0 Å². The van der Waals surface area contributed by atoms with Gasteiger partial charge in [0.1, 0.15) is 0 Å². The number of fused-ring (bicyclic) bond motifs is 1. The number of nitrogens with one attached hydrogen (secondary N) is 2. The summed E-state index contributed by atoms with van der Waals surface area (Å²) in [6.07, 6.45) is 1.98. The molecule has 0 fully saturated rings. The summed E-state index contributed by atoms with van der Waals surface area (Å²) in [7, 11) is 3.35. The summed E-state index contributed by atoms with van der Waals surface area (Å²) in [5, 5.41) is 9.30. The molecule has 0 unspecified atom stereocenters. The van der Waals surface area contributed by atoms with E-state index in [-0.39, 0.29) is 12.5 Å². The Morgan fingerprint density at radius 2 is 2.00 bits per heavy atom. The van der Waals surface area contributed by atoms with E-state index in [1.165, 1.54) is 4.90 Å². The molecular weight excluding hydrogens is 334 g/mol. The fourth-order valence-corrected chi connectivity index (χ4v) is 2.83. The SMILES string of the molecule is CN(C)C(=O)c1cccc(CNC(=O)C(=O)Nc2cc3n(n2)CCC3)c1. The number of nitrogens with zero attached hydrogens (tertiary/aromatic N) is 3. The molecule has 1 aliphatic rings. The fourth-order valence-electron chi connectivity index (χ4n) is 2.83. The number of hydrogen-bond acceptors (Lipinski definition) is 4. The molecule has 0 spiro atoms. The van der Waals surface area contributed by atoms with Gasteiger partial charge in [-0.15, -0.1) is 0 Å². The number of aromatic nitrogens is 2. The second kappa shape index (κ2) is 7.38. The third-order valence-corrected chi connectivity index (χ3v) is 4.15. The lowest BCUT2D eigenvalue weighted by atomic mass is 10.1. The Balaban J connectivity index is 1.55. The Morgan fingerprint density at radius 1 is 1.19 bits per heavy atom. The van der Waals surface area contributed by atoms with Crippen molar-refractivity contribution >= 4 is 23.5 Å². The van der Waals surface area contributed by atoms with E-state index >= 15 is 0 Å². The molecule has 8 nitrogen and oxygen atoms in total. The summed E-state index contributed by atoms with van der Waals surface area (Å²) in [6.45, 7) is 0.986. The Kier molecular flexibility index (Phi) is 5.01. The van der Waals surface area contributed by atoms with E-state index in [1.54, 1.807) is 44.4 Å². The van der Waals surface area contributed by atoms with E-state index in [4.69, 9.17) is 0 Å². The van der Waals surface area contributed by atoms with E-state index in [9.17, 15) is 14.4 Å². The maximum absolute atomic E-state index is 12.0. The monoisotopic (exact) mass is 355 g/mol. The summed E-state index contributed by atoms with van der Waals surface area (Å²) in [5.41, 5.74) is 2.32. The topological polar surface area (TPSA) is 96.3 Å². The number of rotatable bonds is 4. The molecule has 0 saturated carbocycles. The molecule has 1 aromatic heterocycles. The predicted octanol–water partition coefficient (Wildman–Crippen LogP) is 0.786. The van der Waals surface area contributed by atoms with Crippen LogP contribution in [0.25, 0.3) is 0 Å². The zero-order valence-electron chi connectivity index (χ0n) is 14.8.